The summed E-state index contributed by atoms with van der Waals surface area (Å²) in [4.78, 5) is 23.4. The Morgan fingerprint density at radius 2 is 1.74 bits per heavy atom. The number of fused-ring (bicyclic) bond motifs is 1. The molecule has 0 aliphatic heterocycles. The summed E-state index contributed by atoms with van der Waals surface area (Å²) >= 11 is 5.01. The second-order valence-corrected chi connectivity index (χ2v) is 10.6. The van der Waals surface area contributed by atoms with Gasteiger partial charge in [0.05, 0.1) is 18.1 Å². The van der Waals surface area contributed by atoms with E-state index in [1.807, 2.05) is 34.2 Å². The molecule has 0 amide bonds. The summed E-state index contributed by atoms with van der Waals surface area (Å²) in [5, 5.41) is 1.96. The maximum Gasteiger partial charge on any atom is 0.271 e. The smallest absolute Gasteiger partial charge is 0.271 e. The highest BCUT2D eigenvalue weighted by atomic mass is 79.9. The van der Waals surface area contributed by atoms with Gasteiger partial charge in [0.15, 0.2) is 0 Å². The number of likely N-dealkylation sites (N-methyl/N-ethyl adjacent to an activating group) is 1. The Labute approximate surface area is 213 Å². The molecule has 0 radical (unpaired) electrons. The van der Waals surface area contributed by atoms with Crippen LogP contribution in [0.2, 0.25) is 0 Å². The van der Waals surface area contributed by atoms with Crippen LogP contribution in [0.3, 0.4) is 0 Å². The zero-order valence-corrected chi connectivity index (χ0v) is 22.3. The highest BCUT2D eigenvalue weighted by Crippen LogP contribution is 2.27. The zero-order valence-electron chi connectivity index (χ0n) is 19.9. The molecule has 2 aromatic heterocycles. The summed E-state index contributed by atoms with van der Waals surface area (Å²) in [7, 11) is 4.19. The fourth-order valence-corrected chi connectivity index (χ4v) is 5.28. The number of benzene rings is 2. The summed E-state index contributed by atoms with van der Waals surface area (Å²) < 4.78 is 3.69. The van der Waals surface area contributed by atoms with Crippen molar-refractivity contribution >= 4 is 37.5 Å². The van der Waals surface area contributed by atoms with Gasteiger partial charge in [-0.05, 0) is 55.2 Å². The van der Waals surface area contributed by atoms with Crippen LogP contribution >= 0.6 is 27.3 Å². The summed E-state index contributed by atoms with van der Waals surface area (Å²) in [5.74, 6) is 0.845. The van der Waals surface area contributed by atoms with Crippen LogP contribution < -0.4 is 5.56 Å². The van der Waals surface area contributed by atoms with E-state index >= 15 is 0 Å². The Balaban J connectivity index is 1.79. The van der Waals surface area contributed by atoms with E-state index in [1.54, 1.807) is 0 Å². The molecule has 1 unspecified atom stereocenters. The minimum absolute atomic E-state index is 0.0179. The van der Waals surface area contributed by atoms with Gasteiger partial charge < -0.3 is 4.90 Å². The number of hydrogen-bond donors (Lipinski definition) is 0. The molecule has 0 saturated carbocycles. The molecule has 1 atom stereocenters. The maximum absolute atomic E-state index is 13.6. The Morgan fingerprint density at radius 1 is 1.00 bits per heavy atom. The molecule has 2 heterocycles. The van der Waals surface area contributed by atoms with Crippen molar-refractivity contribution in [3.63, 3.8) is 0 Å². The summed E-state index contributed by atoms with van der Waals surface area (Å²) in [6.45, 7) is 5.31. The van der Waals surface area contributed by atoms with Gasteiger partial charge in [-0.15, -0.1) is 11.3 Å². The van der Waals surface area contributed by atoms with Crippen LogP contribution in [-0.4, -0.2) is 46.5 Å². The predicted molar refractivity (Wildman–Crippen MR) is 146 cm³/mol. The van der Waals surface area contributed by atoms with Crippen molar-refractivity contribution in [2.24, 2.45) is 0 Å². The molecule has 0 N–H and O–H groups in total. The molecule has 4 rings (SSSR count). The van der Waals surface area contributed by atoms with Gasteiger partial charge in [0.2, 0.25) is 0 Å². The second-order valence-electron chi connectivity index (χ2n) is 8.81. The second kappa shape index (κ2) is 11.4. The van der Waals surface area contributed by atoms with Crippen LogP contribution in [0.5, 0.6) is 0 Å². The minimum Gasteiger partial charge on any atom is -0.308 e. The van der Waals surface area contributed by atoms with Crippen molar-refractivity contribution in [3.8, 4) is 0 Å². The fourth-order valence-electron chi connectivity index (χ4n) is 4.24. The van der Waals surface area contributed by atoms with Crippen molar-refractivity contribution in [2.45, 2.75) is 32.5 Å². The van der Waals surface area contributed by atoms with Crippen LogP contribution in [0.15, 0.2) is 75.3 Å². The highest BCUT2D eigenvalue weighted by Gasteiger charge is 2.25. The van der Waals surface area contributed by atoms with Gasteiger partial charge in [-0.3, -0.25) is 14.3 Å². The van der Waals surface area contributed by atoms with E-state index in [9.17, 15) is 4.79 Å². The number of rotatable bonds is 10. The molecule has 34 heavy (non-hydrogen) atoms. The lowest BCUT2D eigenvalue weighted by molar-refractivity contribution is 0.156. The highest BCUT2D eigenvalue weighted by molar-refractivity contribution is 9.10. The maximum atomic E-state index is 13.6. The van der Waals surface area contributed by atoms with Crippen molar-refractivity contribution in [1.82, 2.24) is 19.4 Å². The standard InChI is InChI=1S/C27H31BrN4OS/c1-4-24(31(16-15-30(2)3)18-21-10-12-22(28)13-11-21)26-29-23-14-17-34-25(23)27(33)32(26)19-20-8-6-5-7-9-20/h5-14,17,24H,4,15-16,18-19H2,1-3H3. The van der Waals surface area contributed by atoms with E-state index in [4.69, 9.17) is 4.98 Å². The SMILES string of the molecule is CCC(c1nc2ccsc2c(=O)n1Cc1ccccc1)N(CCN(C)C)Cc1ccc(Br)cc1. The zero-order chi connectivity index (χ0) is 24.1. The Hall–Kier alpha value is -2.32. The molecule has 7 heteroatoms. The van der Waals surface area contributed by atoms with Crippen LogP contribution in [0, 0.1) is 0 Å². The van der Waals surface area contributed by atoms with Gasteiger partial charge in [-0.25, -0.2) is 4.98 Å². The van der Waals surface area contributed by atoms with E-state index in [2.05, 4.69) is 83.1 Å². The average molecular weight is 540 g/mol. The molecular formula is C27H31BrN4OS. The molecule has 0 aliphatic carbocycles. The molecule has 4 aromatic rings. The minimum atomic E-state index is 0.0179. The van der Waals surface area contributed by atoms with E-state index in [0.29, 0.717) is 6.54 Å². The molecule has 0 bridgehead atoms. The number of hydrogen-bond acceptors (Lipinski definition) is 5. The van der Waals surface area contributed by atoms with Crippen LogP contribution in [0.1, 0.15) is 36.3 Å². The Morgan fingerprint density at radius 3 is 2.41 bits per heavy atom. The molecule has 0 saturated heterocycles. The fraction of sp³-hybridized carbons (Fsp3) is 0.333. The lowest BCUT2D eigenvalue weighted by atomic mass is 10.1. The molecule has 0 aliphatic rings. The predicted octanol–water partition coefficient (Wildman–Crippen LogP) is 5.78. The van der Waals surface area contributed by atoms with Crippen LogP contribution in [-0.2, 0) is 13.1 Å². The molecule has 2 aromatic carbocycles. The molecule has 178 valence electrons. The van der Waals surface area contributed by atoms with Gasteiger partial charge in [-0.2, -0.15) is 0 Å². The lowest BCUT2D eigenvalue weighted by Gasteiger charge is -2.33. The third kappa shape index (κ3) is 5.84. The normalized spacial score (nSPS) is 12.6. The molecule has 0 fully saturated rings. The van der Waals surface area contributed by atoms with E-state index in [1.165, 1.54) is 16.9 Å². The van der Waals surface area contributed by atoms with Crippen molar-refractivity contribution in [3.05, 3.63) is 97.8 Å². The van der Waals surface area contributed by atoms with E-state index < -0.39 is 0 Å². The van der Waals surface area contributed by atoms with Crippen molar-refractivity contribution in [1.29, 1.82) is 0 Å². The number of aromatic nitrogens is 2. The van der Waals surface area contributed by atoms with E-state index in [0.717, 1.165) is 52.1 Å². The summed E-state index contributed by atoms with van der Waals surface area (Å²) in [5.41, 5.74) is 3.19. The van der Waals surface area contributed by atoms with Crippen molar-refractivity contribution in [2.75, 3.05) is 27.2 Å². The van der Waals surface area contributed by atoms with Gasteiger partial charge in [-0.1, -0.05) is 65.3 Å². The van der Waals surface area contributed by atoms with Crippen LogP contribution in [0.4, 0.5) is 0 Å². The van der Waals surface area contributed by atoms with Gasteiger partial charge in [0.1, 0.15) is 10.5 Å². The first-order valence-electron chi connectivity index (χ1n) is 11.6. The van der Waals surface area contributed by atoms with Gasteiger partial charge in [0, 0.05) is 24.1 Å². The average Bonchev–Trinajstić information content (AvgIpc) is 3.31. The Kier molecular flexibility index (Phi) is 8.32. The summed E-state index contributed by atoms with van der Waals surface area (Å²) in [6, 6.07) is 20.7. The quantitative estimate of drug-likeness (QED) is 0.256. The van der Waals surface area contributed by atoms with Gasteiger partial charge in [0.25, 0.3) is 5.56 Å². The molecular weight excluding hydrogens is 508 g/mol. The number of thiophene rings is 1. The van der Waals surface area contributed by atoms with Crippen LogP contribution in [0.25, 0.3) is 10.2 Å². The monoisotopic (exact) mass is 538 g/mol. The summed E-state index contributed by atoms with van der Waals surface area (Å²) in [6.07, 6.45) is 0.862. The Bertz CT molecular complexity index is 1270. The third-order valence-electron chi connectivity index (χ3n) is 6.04. The number of nitrogens with zero attached hydrogens (tertiary/aromatic N) is 4. The first-order chi connectivity index (χ1) is 16.5. The first kappa shape index (κ1) is 24.8. The largest absolute Gasteiger partial charge is 0.308 e. The lowest BCUT2D eigenvalue weighted by Crippen LogP contribution is -2.38. The van der Waals surface area contributed by atoms with E-state index in [-0.39, 0.29) is 11.6 Å². The molecule has 0 spiro atoms. The van der Waals surface area contributed by atoms with Gasteiger partial charge >= 0.3 is 0 Å². The topological polar surface area (TPSA) is 41.4 Å². The van der Waals surface area contributed by atoms with Crippen molar-refractivity contribution < 1.29 is 0 Å². The third-order valence-corrected chi connectivity index (χ3v) is 7.46. The number of halogens is 1. The molecule has 5 nitrogen and oxygen atoms in total. The first-order valence-corrected chi connectivity index (χ1v) is 13.3.